The monoisotopic (exact) mass is 183 g/mol. The van der Waals surface area contributed by atoms with Crippen LogP contribution in [0.5, 0.6) is 0 Å². The number of likely N-dealkylation sites (tertiary alicyclic amines) is 1. The van der Waals surface area contributed by atoms with Gasteiger partial charge in [0.25, 0.3) is 0 Å². The fraction of sp³-hybridized carbons (Fsp3) is 1.00. The van der Waals surface area contributed by atoms with Gasteiger partial charge in [0.1, 0.15) is 6.23 Å². The van der Waals surface area contributed by atoms with Crippen molar-refractivity contribution in [1.82, 2.24) is 4.90 Å². The van der Waals surface area contributed by atoms with Crippen molar-refractivity contribution in [1.29, 1.82) is 0 Å². The molecule has 2 aliphatic rings. The Hall–Kier alpha value is -0.0800. The summed E-state index contributed by atoms with van der Waals surface area (Å²) in [7, 11) is 0. The van der Waals surface area contributed by atoms with Crippen LogP contribution in [0.1, 0.15) is 33.1 Å². The maximum atomic E-state index is 5.33. The van der Waals surface area contributed by atoms with Crippen molar-refractivity contribution in [3.05, 3.63) is 0 Å². The second kappa shape index (κ2) is 3.97. The van der Waals surface area contributed by atoms with Crippen molar-refractivity contribution in [3.8, 4) is 0 Å². The first-order valence-corrected chi connectivity index (χ1v) is 5.61. The van der Waals surface area contributed by atoms with Crippen LogP contribution in [-0.4, -0.2) is 30.8 Å². The van der Waals surface area contributed by atoms with Gasteiger partial charge in [-0.3, -0.25) is 4.90 Å². The molecule has 0 saturated carbocycles. The smallest absolute Gasteiger partial charge is 0.134 e. The average molecular weight is 183 g/mol. The summed E-state index contributed by atoms with van der Waals surface area (Å²) in [5.74, 6) is 1.78. The standard InChI is InChI=1S/C11H21NO/c1-9(2)6-10-4-3-5-12(7-10)11-8-13-11/h9-11H,3-8H2,1-2H3. The zero-order valence-electron chi connectivity index (χ0n) is 8.83. The van der Waals surface area contributed by atoms with Gasteiger partial charge in [0.05, 0.1) is 6.61 Å². The quantitative estimate of drug-likeness (QED) is 0.623. The molecule has 76 valence electrons. The summed E-state index contributed by atoms with van der Waals surface area (Å²) < 4.78 is 5.33. The molecule has 0 amide bonds. The van der Waals surface area contributed by atoms with E-state index < -0.39 is 0 Å². The third-order valence-electron chi connectivity index (χ3n) is 3.08. The van der Waals surface area contributed by atoms with Gasteiger partial charge in [0.2, 0.25) is 0 Å². The summed E-state index contributed by atoms with van der Waals surface area (Å²) in [6.07, 6.45) is 4.69. The maximum absolute atomic E-state index is 5.33. The Morgan fingerprint density at radius 1 is 1.46 bits per heavy atom. The molecule has 0 aromatic carbocycles. The number of ether oxygens (including phenoxy) is 1. The molecule has 2 aliphatic heterocycles. The molecule has 2 unspecified atom stereocenters. The normalized spacial score (nSPS) is 35.3. The van der Waals surface area contributed by atoms with Crippen molar-refractivity contribution in [2.24, 2.45) is 11.8 Å². The molecule has 2 atom stereocenters. The molecular formula is C11H21NO. The van der Waals surface area contributed by atoms with E-state index >= 15 is 0 Å². The summed E-state index contributed by atoms with van der Waals surface area (Å²) in [5, 5.41) is 0. The Morgan fingerprint density at radius 2 is 2.23 bits per heavy atom. The lowest BCUT2D eigenvalue weighted by Crippen LogP contribution is -2.37. The van der Waals surface area contributed by atoms with Gasteiger partial charge in [-0.15, -0.1) is 0 Å². The minimum atomic E-state index is 0.495. The molecule has 2 rings (SSSR count). The summed E-state index contributed by atoms with van der Waals surface area (Å²) in [6.45, 7) is 8.18. The van der Waals surface area contributed by atoms with Crippen LogP contribution < -0.4 is 0 Å². The van der Waals surface area contributed by atoms with Crippen LogP contribution in [0.2, 0.25) is 0 Å². The van der Waals surface area contributed by atoms with Gasteiger partial charge in [-0.1, -0.05) is 13.8 Å². The highest BCUT2D eigenvalue weighted by molar-refractivity contribution is 4.79. The number of hydrogen-bond acceptors (Lipinski definition) is 2. The highest BCUT2D eigenvalue weighted by Gasteiger charge is 2.33. The fourth-order valence-electron chi connectivity index (χ4n) is 2.47. The van der Waals surface area contributed by atoms with Gasteiger partial charge in [-0.2, -0.15) is 0 Å². The van der Waals surface area contributed by atoms with E-state index in [1.807, 2.05) is 0 Å². The molecule has 2 heterocycles. The summed E-state index contributed by atoms with van der Waals surface area (Å²) in [4.78, 5) is 2.52. The zero-order chi connectivity index (χ0) is 9.26. The molecule has 2 nitrogen and oxygen atoms in total. The van der Waals surface area contributed by atoms with E-state index in [1.54, 1.807) is 0 Å². The van der Waals surface area contributed by atoms with Gasteiger partial charge in [-0.05, 0) is 31.1 Å². The third-order valence-corrected chi connectivity index (χ3v) is 3.08. The lowest BCUT2D eigenvalue weighted by atomic mass is 9.90. The van der Waals surface area contributed by atoms with Gasteiger partial charge in [0.15, 0.2) is 0 Å². The lowest BCUT2D eigenvalue weighted by Gasteiger charge is -2.32. The summed E-state index contributed by atoms with van der Waals surface area (Å²) >= 11 is 0. The van der Waals surface area contributed by atoms with E-state index in [4.69, 9.17) is 4.74 Å². The predicted molar refractivity (Wildman–Crippen MR) is 53.5 cm³/mol. The Labute approximate surface area is 81.3 Å². The van der Waals surface area contributed by atoms with Crippen LogP contribution >= 0.6 is 0 Å². The molecular weight excluding hydrogens is 162 g/mol. The van der Waals surface area contributed by atoms with Crippen molar-refractivity contribution in [3.63, 3.8) is 0 Å². The van der Waals surface area contributed by atoms with E-state index in [0.29, 0.717) is 6.23 Å². The van der Waals surface area contributed by atoms with Crippen LogP contribution in [-0.2, 0) is 4.74 Å². The summed E-state index contributed by atoms with van der Waals surface area (Å²) in [6, 6.07) is 0. The number of piperidine rings is 1. The molecule has 0 aromatic rings. The molecule has 0 spiro atoms. The van der Waals surface area contributed by atoms with Gasteiger partial charge < -0.3 is 4.74 Å². The Bertz CT molecular complexity index is 165. The second-order valence-electron chi connectivity index (χ2n) is 4.92. The van der Waals surface area contributed by atoms with Crippen molar-refractivity contribution in [2.45, 2.75) is 39.3 Å². The van der Waals surface area contributed by atoms with Gasteiger partial charge in [0, 0.05) is 13.1 Å². The minimum absolute atomic E-state index is 0.495. The van der Waals surface area contributed by atoms with E-state index in [2.05, 4.69) is 18.7 Å². The maximum Gasteiger partial charge on any atom is 0.134 e. The first-order valence-electron chi connectivity index (χ1n) is 5.61. The molecule has 2 heteroatoms. The first-order chi connectivity index (χ1) is 6.25. The highest BCUT2D eigenvalue weighted by Crippen LogP contribution is 2.27. The molecule has 2 fully saturated rings. The van der Waals surface area contributed by atoms with Crippen molar-refractivity contribution >= 4 is 0 Å². The van der Waals surface area contributed by atoms with Crippen LogP contribution in [0, 0.1) is 11.8 Å². The fourth-order valence-corrected chi connectivity index (χ4v) is 2.47. The van der Waals surface area contributed by atoms with E-state index in [-0.39, 0.29) is 0 Å². The van der Waals surface area contributed by atoms with Crippen LogP contribution in [0.25, 0.3) is 0 Å². The molecule has 0 aliphatic carbocycles. The van der Waals surface area contributed by atoms with E-state index in [1.165, 1.54) is 32.4 Å². The SMILES string of the molecule is CC(C)CC1CCCN(C2CO2)C1. The van der Waals surface area contributed by atoms with Crippen LogP contribution in [0.3, 0.4) is 0 Å². The van der Waals surface area contributed by atoms with E-state index in [9.17, 15) is 0 Å². The van der Waals surface area contributed by atoms with Gasteiger partial charge >= 0.3 is 0 Å². The van der Waals surface area contributed by atoms with Crippen LogP contribution in [0.4, 0.5) is 0 Å². The molecule has 0 N–H and O–H groups in total. The first kappa shape index (κ1) is 9.47. The molecule has 2 saturated heterocycles. The number of nitrogens with zero attached hydrogens (tertiary/aromatic N) is 1. The topological polar surface area (TPSA) is 15.8 Å². The molecule has 0 radical (unpaired) electrons. The largest absolute Gasteiger partial charge is 0.357 e. The predicted octanol–water partition coefficient (Wildman–Crippen LogP) is 2.10. The third kappa shape index (κ3) is 2.68. The Kier molecular flexibility index (Phi) is 2.89. The Balaban J connectivity index is 1.77. The number of hydrogen-bond donors (Lipinski definition) is 0. The second-order valence-corrected chi connectivity index (χ2v) is 4.92. The van der Waals surface area contributed by atoms with E-state index in [0.717, 1.165) is 18.4 Å². The minimum Gasteiger partial charge on any atom is -0.357 e. The summed E-state index contributed by atoms with van der Waals surface area (Å²) in [5.41, 5.74) is 0. The Morgan fingerprint density at radius 3 is 2.85 bits per heavy atom. The molecule has 13 heavy (non-hydrogen) atoms. The highest BCUT2D eigenvalue weighted by atomic mass is 16.6. The van der Waals surface area contributed by atoms with Crippen molar-refractivity contribution < 1.29 is 4.74 Å². The zero-order valence-corrected chi connectivity index (χ0v) is 8.83. The van der Waals surface area contributed by atoms with Crippen LogP contribution in [0.15, 0.2) is 0 Å². The number of rotatable bonds is 3. The molecule has 0 bridgehead atoms. The van der Waals surface area contributed by atoms with Gasteiger partial charge in [-0.25, -0.2) is 0 Å². The number of epoxide rings is 1. The lowest BCUT2D eigenvalue weighted by molar-refractivity contribution is 0.106. The van der Waals surface area contributed by atoms with Crippen molar-refractivity contribution in [2.75, 3.05) is 19.7 Å². The average Bonchev–Trinajstić information content (AvgIpc) is 2.85. The molecule has 0 aromatic heterocycles.